The van der Waals surface area contributed by atoms with Crippen molar-refractivity contribution in [3.63, 3.8) is 0 Å². The molecule has 1 aliphatic heterocycles. The number of benzene rings is 1. The Bertz CT molecular complexity index is 618. The van der Waals surface area contributed by atoms with Crippen molar-refractivity contribution >= 4 is 22.2 Å². The first kappa shape index (κ1) is 14.5. The van der Waals surface area contributed by atoms with Crippen LogP contribution in [0.3, 0.4) is 0 Å². The second-order valence-corrected chi connectivity index (χ2v) is 6.85. The highest BCUT2D eigenvalue weighted by molar-refractivity contribution is 7.15. The van der Waals surface area contributed by atoms with Gasteiger partial charge in [0, 0.05) is 29.7 Å². The van der Waals surface area contributed by atoms with Gasteiger partial charge in [-0.15, -0.1) is 0 Å². The van der Waals surface area contributed by atoms with Gasteiger partial charge in [0.2, 0.25) is 0 Å². The molecule has 1 aromatic carbocycles. The van der Waals surface area contributed by atoms with Crippen LogP contribution in [0.15, 0.2) is 24.3 Å². The number of anilines is 2. The van der Waals surface area contributed by atoms with E-state index in [9.17, 15) is 0 Å². The number of fused-ring (bicyclic) bond motifs is 1. The predicted octanol–water partition coefficient (Wildman–Crippen LogP) is 3.90. The maximum atomic E-state index is 4.89. The third-order valence-corrected chi connectivity index (χ3v) is 5.01. The van der Waals surface area contributed by atoms with E-state index in [1.807, 2.05) is 11.3 Å². The number of aromatic nitrogens is 1. The number of hydrogen-bond acceptors (Lipinski definition) is 4. The number of nitrogens with zero attached hydrogens (tertiary/aromatic N) is 2. The lowest BCUT2D eigenvalue weighted by Crippen LogP contribution is -2.21. The van der Waals surface area contributed by atoms with Crippen LogP contribution in [0.25, 0.3) is 0 Å². The fraction of sp³-hybridized carbons (Fsp3) is 0.471. The summed E-state index contributed by atoms with van der Waals surface area (Å²) in [5.41, 5.74) is 4.01. The van der Waals surface area contributed by atoms with Crippen LogP contribution < -0.4 is 10.2 Å². The minimum atomic E-state index is 0.507. The summed E-state index contributed by atoms with van der Waals surface area (Å²) in [6, 6.07) is 9.19. The average molecular weight is 301 g/mol. The summed E-state index contributed by atoms with van der Waals surface area (Å²) in [6.45, 7) is 8.53. The smallest absolute Gasteiger partial charge is 0.190 e. The summed E-state index contributed by atoms with van der Waals surface area (Å²) in [7, 11) is 0. The first-order chi connectivity index (χ1) is 10.2. The highest BCUT2D eigenvalue weighted by Crippen LogP contribution is 2.37. The van der Waals surface area contributed by atoms with Crippen molar-refractivity contribution in [3.05, 3.63) is 40.4 Å². The Morgan fingerprint density at radius 2 is 2.14 bits per heavy atom. The molecule has 2 heterocycles. The molecule has 0 spiro atoms. The molecule has 2 aromatic rings. The van der Waals surface area contributed by atoms with Crippen LogP contribution in [0.4, 0.5) is 10.8 Å². The Morgan fingerprint density at radius 3 is 2.90 bits per heavy atom. The van der Waals surface area contributed by atoms with Gasteiger partial charge >= 0.3 is 0 Å². The second kappa shape index (κ2) is 6.16. The molecule has 4 heteroatoms. The third-order valence-electron chi connectivity index (χ3n) is 3.89. The summed E-state index contributed by atoms with van der Waals surface area (Å²) >= 11 is 1.84. The second-order valence-electron chi connectivity index (χ2n) is 5.79. The molecule has 0 fully saturated rings. The molecule has 0 radical (unpaired) electrons. The number of aryl methyl sites for hydroxylation is 1. The van der Waals surface area contributed by atoms with E-state index in [0.717, 1.165) is 31.1 Å². The summed E-state index contributed by atoms with van der Waals surface area (Å²) in [4.78, 5) is 8.65. The average Bonchev–Trinajstić information content (AvgIpc) is 3.08. The Balaban J connectivity index is 1.87. The van der Waals surface area contributed by atoms with Gasteiger partial charge in [0.15, 0.2) is 5.13 Å². The number of thiazole rings is 1. The van der Waals surface area contributed by atoms with Gasteiger partial charge in [-0.2, -0.15) is 0 Å². The van der Waals surface area contributed by atoms with E-state index in [1.165, 1.54) is 21.8 Å². The van der Waals surface area contributed by atoms with Gasteiger partial charge < -0.3 is 10.2 Å². The van der Waals surface area contributed by atoms with Crippen molar-refractivity contribution in [1.29, 1.82) is 0 Å². The van der Waals surface area contributed by atoms with Crippen molar-refractivity contribution < 1.29 is 0 Å². The third kappa shape index (κ3) is 2.97. The van der Waals surface area contributed by atoms with E-state index in [0.29, 0.717) is 6.04 Å². The zero-order valence-corrected chi connectivity index (χ0v) is 13.8. The maximum Gasteiger partial charge on any atom is 0.190 e. The molecule has 0 aliphatic carbocycles. The summed E-state index contributed by atoms with van der Waals surface area (Å²) in [6.07, 6.45) is 2.12. The van der Waals surface area contributed by atoms with Crippen molar-refractivity contribution in [1.82, 2.24) is 10.3 Å². The molecule has 0 amide bonds. The minimum Gasteiger partial charge on any atom is -0.317 e. The largest absolute Gasteiger partial charge is 0.317 e. The zero-order valence-electron chi connectivity index (χ0n) is 13.0. The van der Waals surface area contributed by atoms with Crippen LogP contribution >= 0.6 is 11.3 Å². The number of rotatable bonds is 5. The predicted molar refractivity (Wildman–Crippen MR) is 90.6 cm³/mol. The van der Waals surface area contributed by atoms with Crippen molar-refractivity contribution in [2.45, 2.75) is 46.2 Å². The molecule has 1 aliphatic rings. The molecule has 3 nitrogen and oxygen atoms in total. The Morgan fingerprint density at radius 1 is 1.33 bits per heavy atom. The molecule has 0 saturated carbocycles. The van der Waals surface area contributed by atoms with E-state index in [4.69, 9.17) is 4.98 Å². The number of nitrogens with one attached hydrogen (secondary N) is 1. The van der Waals surface area contributed by atoms with Crippen LogP contribution in [0.1, 0.15) is 36.9 Å². The van der Waals surface area contributed by atoms with Crippen LogP contribution in [0.2, 0.25) is 0 Å². The molecule has 0 saturated heterocycles. The SMILES string of the molecule is CCc1nc(N2CCc3ccccc32)sc1CNC(C)C. The first-order valence-electron chi connectivity index (χ1n) is 7.76. The standard InChI is InChI=1S/C17H23N3S/c1-4-14-16(11-18-12(2)3)21-17(19-14)20-10-9-13-7-5-6-8-15(13)20/h5-8,12,18H,4,9-11H2,1-3H3. The normalized spacial score (nSPS) is 14.0. The Labute approximate surface area is 131 Å². The molecular formula is C17H23N3S. The highest BCUT2D eigenvalue weighted by Gasteiger charge is 2.23. The van der Waals surface area contributed by atoms with E-state index in [2.05, 4.69) is 55.3 Å². The molecular weight excluding hydrogens is 278 g/mol. The van der Waals surface area contributed by atoms with Gasteiger partial charge in [0.05, 0.1) is 5.69 Å². The Kier molecular flexibility index (Phi) is 4.27. The maximum absolute atomic E-state index is 4.89. The van der Waals surface area contributed by atoms with E-state index in [1.54, 1.807) is 0 Å². The number of hydrogen-bond donors (Lipinski definition) is 1. The van der Waals surface area contributed by atoms with Gasteiger partial charge in [0.25, 0.3) is 0 Å². The van der Waals surface area contributed by atoms with Crippen LogP contribution in [0, 0.1) is 0 Å². The molecule has 112 valence electrons. The molecule has 0 unspecified atom stereocenters. The summed E-state index contributed by atoms with van der Waals surface area (Å²) < 4.78 is 0. The van der Waals surface area contributed by atoms with Crippen LogP contribution in [0.5, 0.6) is 0 Å². The van der Waals surface area contributed by atoms with Gasteiger partial charge in [-0.05, 0) is 24.5 Å². The molecule has 3 rings (SSSR count). The van der Waals surface area contributed by atoms with E-state index >= 15 is 0 Å². The molecule has 1 N–H and O–H groups in total. The fourth-order valence-corrected chi connectivity index (χ4v) is 3.87. The monoisotopic (exact) mass is 301 g/mol. The summed E-state index contributed by atoms with van der Waals surface area (Å²) in [5, 5.41) is 4.66. The van der Waals surface area contributed by atoms with Gasteiger partial charge in [-0.3, -0.25) is 0 Å². The van der Waals surface area contributed by atoms with E-state index < -0.39 is 0 Å². The van der Waals surface area contributed by atoms with Gasteiger partial charge in [0.1, 0.15) is 0 Å². The van der Waals surface area contributed by atoms with Gasteiger partial charge in [-0.25, -0.2) is 4.98 Å². The molecule has 21 heavy (non-hydrogen) atoms. The van der Waals surface area contributed by atoms with Crippen molar-refractivity contribution in [3.8, 4) is 0 Å². The van der Waals surface area contributed by atoms with Crippen LogP contribution in [-0.2, 0) is 19.4 Å². The summed E-state index contributed by atoms with van der Waals surface area (Å²) in [5.74, 6) is 0. The Hall–Kier alpha value is -1.39. The zero-order chi connectivity index (χ0) is 14.8. The highest BCUT2D eigenvalue weighted by atomic mass is 32.1. The fourth-order valence-electron chi connectivity index (χ4n) is 2.73. The van der Waals surface area contributed by atoms with E-state index in [-0.39, 0.29) is 0 Å². The molecule has 0 bridgehead atoms. The van der Waals surface area contributed by atoms with Gasteiger partial charge in [-0.1, -0.05) is 50.3 Å². The molecule has 1 aromatic heterocycles. The van der Waals surface area contributed by atoms with Crippen LogP contribution in [-0.4, -0.2) is 17.6 Å². The van der Waals surface area contributed by atoms with Crippen molar-refractivity contribution in [2.75, 3.05) is 11.4 Å². The first-order valence-corrected chi connectivity index (χ1v) is 8.58. The topological polar surface area (TPSA) is 28.2 Å². The number of para-hydroxylation sites is 1. The molecule has 0 atom stereocenters. The minimum absolute atomic E-state index is 0.507. The quantitative estimate of drug-likeness (QED) is 0.908. The lowest BCUT2D eigenvalue weighted by molar-refractivity contribution is 0.590. The lowest BCUT2D eigenvalue weighted by Gasteiger charge is -2.15. The van der Waals surface area contributed by atoms with Crippen molar-refractivity contribution in [2.24, 2.45) is 0 Å². The lowest BCUT2D eigenvalue weighted by atomic mass is 10.2.